The highest BCUT2D eigenvalue weighted by molar-refractivity contribution is 7.26. The molecule has 278 valence electrons. The fraction of sp³-hybridized carbons (Fsp3) is 0. The Bertz CT molecular complexity index is 3770. The van der Waals surface area contributed by atoms with Crippen molar-refractivity contribution in [1.29, 1.82) is 0 Å². The second-order valence-electron chi connectivity index (χ2n) is 15.9. The maximum absolute atomic E-state index is 6.40. The zero-order chi connectivity index (χ0) is 39.3. The first-order chi connectivity index (χ1) is 29.8. The number of fused-ring (bicyclic) bond motifs is 10. The molecule has 0 saturated heterocycles. The van der Waals surface area contributed by atoms with Crippen LogP contribution in [0.1, 0.15) is 0 Å². The third-order valence-corrected chi connectivity index (χ3v) is 13.9. The predicted molar refractivity (Wildman–Crippen MR) is 258 cm³/mol. The van der Waals surface area contributed by atoms with E-state index in [-0.39, 0.29) is 0 Å². The van der Waals surface area contributed by atoms with Gasteiger partial charge < -0.3 is 4.42 Å². The van der Waals surface area contributed by atoms with Gasteiger partial charge in [0, 0.05) is 36.5 Å². The number of furan rings is 1. The Kier molecular flexibility index (Phi) is 7.24. The molecule has 2 heteroatoms. The second kappa shape index (κ2) is 13.0. The minimum absolute atomic E-state index is 0.911. The molecule has 60 heavy (non-hydrogen) atoms. The van der Waals surface area contributed by atoms with Gasteiger partial charge in [-0.05, 0) is 106 Å². The number of hydrogen-bond acceptors (Lipinski definition) is 2. The summed E-state index contributed by atoms with van der Waals surface area (Å²) in [7, 11) is 0. The maximum atomic E-state index is 6.40. The van der Waals surface area contributed by atoms with Crippen LogP contribution in [0.4, 0.5) is 0 Å². The zero-order valence-corrected chi connectivity index (χ0v) is 33.3. The van der Waals surface area contributed by atoms with Crippen LogP contribution in [0.3, 0.4) is 0 Å². The van der Waals surface area contributed by atoms with Crippen molar-refractivity contribution in [2.75, 3.05) is 0 Å². The van der Waals surface area contributed by atoms with Crippen LogP contribution in [-0.2, 0) is 0 Å². The summed E-state index contributed by atoms with van der Waals surface area (Å²) >= 11 is 1.91. The molecule has 0 radical (unpaired) electrons. The van der Waals surface area contributed by atoms with Crippen molar-refractivity contribution in [3.05, 3.63) is 206 Å². The Labute approximate surface area is 350 Å². The summed E-state index contributed by atoms with van der Waals surface area (Å²) < 4.78 is 9.01. The molecule has 0 bridgehead atoms. The van der Waals surface area contributed by atoms with Gasteiger partial charge in [-0.3, -0.25) is 0 Å². The van der Waals surface area contributed by atoms with Gasteiger partial charge in [-0.1, -0.05) is 182 Å². The predicted octanol–water partition coefficient (Wildman–Crippen LogP) is 17.2. The first-order valence-electron chi connectivity index (χ1n) is 20.6. The van der Waals surface area contributed by atoms with E-state index in [1.54, 1.807) is 0 Å². The smallest absolute Gasteiger partial charge is 0.136 e. The van der Waals surface area contributed by atoms with Crippen LogP contribution < -0.4 is 0 Å². The molecule has 1 nitrogen and oxygen atoms in total. The molecule has 0 N–H and O–H groups in total. The van der Waals surface area contributed by atoms with E-state index in [4.69, 9.17) is 4.42 Å². The van der Waals surface area contributed by atoms with Crippen LogP contribution >= 0.6 is 11.3 Å². The number of benzene rings is 11. The highest BCUT2D eigenvalue weighted by atomic mass is 32.1. The molecule has 11 aromatic carbocycles. The van der Waals surface area contributed by atoms with Gasteiger partial charge in [0.05, 0.1) is 0 Å². The van der Waals surface area contributed by atoms with Gasteiger partial charge in [0.15, 0.2) is 0 Å². The summed E-state index contributed by atoms with van der Waals surface area (Å²) in [4.78, 5) is 0. The Hall–Kier alpha value is -7.52. The molecule has 13 rings (SSSR count). The third-order valence-electron chi connectivity index (χ3n) is 12.6. The molecule has 0 aliphatic heterocycles. The van der Waals surface area contributed by atoms with E-state index in [0.717, 1.165) is 27.5 Å². The fourth-order valence-corrected chi connectivity index (χ4v) is 11.4. The van der Waals surface area contributed by atoms with Crippen LogP contribution in [-0.4, -0.2) is 0 Å². The Morgan fingerprint density at radius 1 is 0.267 bits per heavy atom. The van der Waals surface area contributed by atoms with Gasteiger partial charge in [-0.15, -0.1) is 11.3 Å². The normalized spacial score (nSPS) is 12.0. The molecule has 0 aliphatic carbocycles. The van der Waals surface area contributed by atoms with Gasteiger partial charge in [0.25, 0.3) is 0 Å². The second-order valence-corrected chi connectivity index (χ2v) is 16.9. The monoisotopic (exact) mass is 778 g/mol. The van der Waals surface area contributed by atoms with E-state index in [9.17, 15) is 0 Å². The van der Waals surface area contributed by atoms with Crippen molar-refractivity contribution >= 4 is 96.5 Å². The van der Waals surface area contributed by atoms with Crippen molar-refractivity contribution in [3.8, 4) is 44.5 Å². The van der Waals surface area contributed by atoms with E-state index >= 15 is 0 Å². The fourth-order valence-electron chi connectivity index (χ4n) is 10.1. The average molecular weight is 779 g/mol. The molecule has 0 amide bonds. The molecule has 0 spiro atoms. The zero-order valence-electron chi connectivity index (χ0n) is 32.4. The number of hydrogen-bond donors (Lipinski definition) is 0. The quantitative estimate of drug-likeness (QED) is 0.162. The Morgan fingerprint density at radius 2 is 0.700 bits per heavy atom. The molecule has 0 aliphatic rings. The van der Waals surface area contributed by atoms with E-state index in [2.05, 4.69) is 200 Å². The standard InChI is InChI=1S/C58H34OS/c1-2-15-35(16-3-1)54-45-22-8-10-24-47(45)57(48-25-11-9-23-46(48)54)50-27-14-26-49-40-32-30-37(34-53(40)60-58(49)50)56-43-20-6-4-18-41(43)55(42-19-5-7-21-44(42)56)36-29-31-39-38-17-12-13-28-51(38)59-52(39)33-36/h1-34H. The molecule has 13 aromatic rings. The van der Waals surface area contributed by atoms with Crippen molar-refractivity contribution in [2.45, 2.75) is 0 Å². The number of para-hydroxylation sites is 1. The summed E-state index contributed by atoms with van der Waals surface area (Å²) in [6.07, 6.45) is 0. The molecule has 2 heterocycles. The van der Waals surface area contributed by atoms with Crippen molar-refractivity contribution in [3.63, 3.8) is 0 Å². The van der Waals surface area contributed by atoms with Crippen LogP contribution in [0.15, 0.2) is 211 Å². The van der Waals surface area contributed by atoms with Crippen LogP contribution in [0.2, 0.25) is 0 Å². The lowest BCUT2D eigenvalue weighted by Gasteiger charge is -2.18. The summed E-state index contributed by atoms with van der Waals surface area (Å²) in [5, 5.41) is 14.9. The minimum atomic E-state index is 0.911. The third kappa shape index (κ3) is 4.86. The largest absolute Gasteiger partial charge is 0.456 e. The Balaban J connectivity index is 1.03. The molecular formula is C58H34OS. The maximum Gasteiger partial charge on any atom is 0.136 e. The molecule has 2 aromatic heterocycles. The summed E-state index contributed by atoms with van der Waals surface area (Å²) in [6.45, 7) is 0. The lowest BCUT2D eigenvalue weighted by molar-refractivity contribution is 0.669. The summed E-state index contributed by atoms with van der Waals surface area (Å²) in [5.41, 5.74) is 11.8. The van der Waals surface area contributed by atoms with Crippen molar-refractivity contribution in [2.24, 2.45) is 0 Å². The molecule has 0 saturated carbocycles. The average Bonchev–Trinajstić information content (AvgIpc) is 3.88. The van der Waals surface area contributed by atoms with Crippen molar-refractivity contribution in [1.82, 2.24) is 0 Å². The SMILES string of the molecule is c1ccc(-c2c3ccccc3c(-c3cccc4c3sc3cc(-c5c6ccccc6c(-c6ccc7c(c6)oc6ccccc67)c6ccccc56)ccc34)c3ccccc23)cc1. The van der Waals surface area contributed by atoms with Gasteiger partial charge in [0.1, 0.15) is 11.2 Å². The van der Waals surface area contributed by atoms with E-state index in [1.807, 2.05) is 17.4 Å². The lowest BCUT2D eigenvalue weighted by Crippen LogP contribution is -1.90. The van der Waals surface area contributed by atoms with Gasteiger partial charge in [-0.2, -0.15) is 0 Å². The molecular weight excluding hydrogens is 745 g/mol. The summed E-state index contributed by atoms with van der Waals surface area (Å²) in [5.74, 6) is 0. The van der Waals surface area contributed by atoms with E-state index < -0.39 is 0 Å². The van der Waals surface area contributed by atoms with Gasteiger partial charge in [-0.25, -0.2) is 0 Å². The van der Waals surface area contributed by atoms with E-state index in [1.165, 1.54) is 102 Å². The van der Waals surface area contributed by atoms with Crippen molar-refractivity contribution < 1.29 is 4.42 Å². The number of thiophene rings is 1. The van der Waals surface area contributed by atoms with Crippen LogP contribution in [0, 0.1) is 0 Å². The molecule has 0 fully saturated rings. The van der Waals surface area contributed by atoms with Crippen LogP contribution in [0.25, 0.3) is 130 Å². The van der Waals surface area contributed by atoms with Gasteiger partial charge in [0.2, 0.25) is 0 Å². The first-order valence-corrected chi connectivity index (χ1v) is 21.4. The van der Waals surface area contributed by atoms with Crippen LogP contribution in [0.5, 0.6) is 0 Å². The minimum Gasteiger partial charge on any atom is -0.456 e. The first kappa shape index (κ1) is 33.5. The Morgan fingerprint density at radius 3 is 1.28 bits per heavy atom. The molecule has 0 unspecified atom stereocenters. The highest BCUT2D eigenvalue weighted by Gasteiger charge is 2.21. The number of rotatable bonds is 4. The summed E-state index contributed by atoms with van der Waals surface area (Å²) in [6, 6.07) is 75.6. The molecule has 0 atom stereocenters. The topological polar surface area (TPSA) is 13.1 Å². The lowest BCUT2D eigenvalue weighted by atomic mass is 9.85. The van der Waals surface area contributed by atoms with E-state index in [0.29, 0.717) is 0 Å². The highest BCUT2D eigenvalue weighted by Crippen LogP contribution is 2.50. The van der Waals surface area contributed by atoms with Gasteiger partial charge >= 0.3 is 0 Å².